The monoisotopic (exact) mass is 295 g/mol. The van der Waals surface area contributed by atoms with Gasteiger partial charge >= 0.3 is 0 Å². The molecule has 104 valence electrons. The Morgan fingerprint density at radius 2 is 2.25 bits per heavy atom. The summed E-state index contributed by atoms with van der Waals surface area (Å²) < 4.78 is 40.8. The van der Waals surface area contributed by atoms with Gasteiger partial charge < -0.3 is 0 Å². The predicted molar refractivity (Wildman–Crippen MR) is 66.3 cm³/mol. The van der Waals surface area contributed by atoms with Crippen LogP contribution >= 0.6 is 0 Å². The molecule has 9 heteroatoms. The lowest BCUT2D eigenvalue weighted by Gasteiger charge is -2.07. The van der Waals surface area contributed by atoms with E-state index >= 15 is 0 Å². The van der Waals surface area contributed by atoms with Gasteiger partial charge in [-0.25, -0.2) is 17.5 Å². The molecule has 2 rings (SSSR count). The summed E-state index contributed by atoms with van der Waals surface area (Å²) in [5.41, 5.74) is -0.316. The smallest absolute Gasteiger partial charge is 0.240 e. The molecule has 0 unspecified atom stereocenters. The standard InChI is InChI=1S/C11H10FN5O2S/c12-11-2-1-10(7-9(11)8-13)20(18,19)15-4-6-17-5-3-14-16-17/h1-3,5,7,15H,4,6H2. The van der Waals surface area contributed by atoms with Gasteiger partial charge in [-0.05, 0) is 18.2 Å². The van der Waals surface area contributed by atoms with Gasteiger partial charge in [0, 0.05) is 12.7 Å². The van der Waals surface area contributed by atoms with Crippen LogP contribution in [0.1, 0.15) is 5.56 Å². The molecule has 0 amide bonds. The highest BCUT2D eigenvalue weighted by Crippen LogP contribution is 2.14. The van der Waals surface area contributed by atoms with Crippen molar-refractivity contribution in [1.82, 2.24) is 19.7 Å². The van der Waals surface area contributed by atoms with E-state index in [1.54, 1.807) is 12.3 Å². The first-order chi connectivity index (χ1) is 9.53. The fraction of sp³-hybridized carbons (Fsp3) is 0.182. The third-order valence-electron chi connectivity index (χ3n) is 2.47. The van der Waals surface area contributed by atoms with Crippen LogP contribution in [0.4, 0.5) is 4.39 Å². The maximum absolute atomic E-state index is 13.1. The highest BCUT2D eigenvalue weighted by Gasteiger charge is 2.15. The first kappa shape index (κ1) is 14.1. The average Bonchev–Trinajstić information content (AvgIpc) is 2.92. The zero-order valence-electron chi connectivity index (χ0n) is 10.2. The number of nitriles is 1. The van der Waals surface area contributed by atoms with E-state index in [2.05, 4.69) is 15.0 Å². The lowest BCUT2D eigenvalue weighted by Crippen LogP contribution is -2.27. The molecule has 7 nitrogen and oxygen atoms in total. The van der Waals surface area contributed by atoms with Crippen molar-refractivity contribution in [3.05, 3.63) is 42.0 Å². The van der Waals surface area contributed by atoms with Gasteiger partial charge in [0.2, 0.25) is 10.0 Å². The van der Waals surface area contributed by atoms with Crippen LogP contribution in [-0.2, 0) is 16.6 Å². The van der Waals surface area contributed by atoms with Crippen molar-refractivity contribution in [2.24, 2.45) is 0 Å². The molecular formula is C11H10FN5O2S. The summed E-state index contributed by atoms with van der Waals surface area (Å²) in [5, 5.41) is 16.0. The number of nitrogens with one attached hydrogen (secondary N) is 1. The Morgan fingerprint density at radius 1 is 1.45 bits per heavy atom. The molecule has 1 heterocycles. The van der Waals surface area contributed by atoms with Gasteiger partial charge in [0.1, 0.15) is 11.9 Å². The molecule has 0 saturated heterocycles. The van der Waals surface area contributed by atoms with Crippen molar-refractivity contribution in [2.45, 2.75) is 11.4 Å². The second-order valence-corrected chi connectivity index (χ2v) is 5.58. The van der Waals surface area contributed by atoms with Gasteiger partial charge in [0.15, 0.2) is 0 Å². The fourth-order valence-electron chi connectivity index (χ4n) is 1.49. The molecule has 0 aliphatic heterocycles. The van der Waals surface area contributed by atoms with Gasteiger partial charge in [0.05, 0.1) is 23.2 Å². The normalized spacial score (nSPS) is 11.2. The minimum atomic E-state index is -3.79. The Balaban J connectivity index is 2.08. The first-order valence-corrected chi connectivity index (χ1v) is 7.04. The summed E-state index contributed by atoms with van der Waals surface area (Å²) in [7, 11) is -3.79. The van der Waals surface area contributed by atoms with Gasteiger partial charge in [-0.15, -0.1) is 5.10 Å². The molecule has 0 radical (unpaired) electrons. The van der Waals surface area contributed by atoms with Crippen molar-refractivity contribution in [1.29, 1.82) is 5.26 Å². The number of hydrogen-bond donors (Lipinski definition) is 1. The van der Waals surface area contributed by atoms with Crippen molar-refractivity contribution in [3.8, 4) is 6.07 Å². The van der Waals surface area contributed by atoms with Crippen molar-refractivity contribution >= 4 is 10.0 Å². The molecule has 0 aliphatic carbocycles. The molecule has 1 aromatic carbocycles. The molecule has 2 aromatic rings. The zero-order valence-corrected chi connectivity index (χ0v) is 11.0. The largest absolute Gasteiger partial charge is 0.251 e. The van der Waals surface area contributed by atoms with Crippen LogP contribution in [0, 0.1) is 17.1 Å². The van der Waals surface area contributed by atoms with Crippen LogP contribution < -0.4 is 4.72 Å². The second-order valence-electron chi connectivity index (χ2n) is 3.82. The Morgan fingerprint density at radius 3 is 2.90 bits per heavy atom. The maximum atomic E-state index is 13.1. The first-order valence-electron chi connectivity index (χ1n) is 5.56. The third kappa shape index (κ3) is 3.17. The maximum Gasteiger partial charge on any atom is 0.240 e. The minimum absolute atomic E-state index is 0.102. The summed E-state index contributed by atoms with van der Waals surface area (Å²) in [6, 6.07) is 4.64. The van der Waals surface area contributed by atoms with Crippen molar-refractivity contribution < 1.29 is 12.8 Å². The molecule has 0 aliphatic rings. The second kappa shape index (κ2) is 5.77. The van der Waals surface area contributed by atoms with Crippen LogP contribution in [0.3, 0.4) is 0 Å². The topological polar surface area (TPSA) is 101 Å². The SMILES string of the molecule is N#Cc1cc(S(=O)(=O)NCCn2ccnn2)ccc1F. The summed E-state index contributed by atoms with van der Waals surface area (Å²) in [6.07, 6.45) is 3.08. The Kier molecular flexibility index (Phi) is 4.07. The Hall–Kier alpha value is -2.31. The van der Waals surface area contributed by atoms with E-state index in [0.29, 0.717) is 6.54 Å². The number of halogens is 1. The molecule has 1 N–H and O–H groups in total. The van der Waals surface area contributed by atoms with Crippen LogP contribution in [-0.4, -0.2) is 30.0 Å². The van der Waals surface area contributed by atoms with E-state index in [4.69, 9.17) is 5.26 Å². The Bertz CT molecular complexity index is 737. The van der Waals surface area contributed by atoms with E-state index in [1.807, 2.05) is 0 Å². The fourth-order valence-corrected chi connectivity index (χ4v) is 2.53. The van der Waals surface area contributed by atoms with E-state index < -0.39 is 15.8 Å². The minimum Gasteiger partial charge on any atom is -0.251 e. The van der Waals surface area contributed by atoms with E-state index in [-0.39, 0.29) is 17.0 Å². The zero-order chi connectivity index (χ0) is 14.6. The number of hydrogen-bond acceptors (Lipinski definition) is 5. The molecule has 0 saturated carbocycles. The molecule has 20 heavy (non-hydrogen) atoms. The summed E-state index contributed by atoms with van der Waals surface area (Å²) >= 11 is 0. The van der Waals surface area contributed by atoms with Crippen LogP contribution in [0.25, 0.3) is 0 Å². The molecule has 1 aromatic heterocycles. The summed E-state index contributed by atoms with van der Waals surface area (Å²) in [5.74, 6) is -0.755. The lowest BCUT2D eigenvalue weighted by molar-refractivity contribution is 0.552. The quantitative estimate of drug-likeness (QED) is 0.853. The van der Waals surface area contributed by atoms with Crippen molar-refractivity contribution in [2.75, 3.05) is 6.54 Å². The van der Waals surface area contributed by atoms with Gasteiger partial charge in [-0.2, -0.15) is 5.26 Å². The van der Waals surface area contributed by atoms with Gasteiger partial charge in [-0.1, -0.05) is 5.21 Å². The van der Waals surface area contributed by atoms with Gasteiger partial charge in [0.25, 0.3) is 0 Å². The number of aromatic nitrogens is 3. The number of nitrogens with zero attached hydrogens (tertiary/aromatic N) is 4. The summed E-state index contributed by atoms with van der Waals surface area (Å²) in [6.45, 7) is 0.413. The average molecular weight is 295 g/mol. The number of sulfonamides is 1. The van der Waals surface area contributed by atoms with Crippen LogP contribution in [0.15, 0.2) is 35.5 Å². The lowest BCUT2D eigenvalue weighted by atomic mass is 10.2. The summed E-state index contributed by atoms with van der Waals surface area (Å²) in [4.78, 5) is -0.158. The van der Waals surface area contributed by atoms with E-state index in [9.17, 15) is 12.8 Å². The van der Waals surface area contributed by atoms with Crippen LogP contribution in [0.2, 0.25) is 0 Å². The molecule has 0 atom stereocenters. The molecule has 0 spiro atoms. The molecule has 0 bridgehead atoms. The highest BCUT2D eigenvalue weighted by atomic mass is 32.2. The van der Waals surface area contributed by atoms with E-state index in [0.717, 1.165) is 18.2 Å². The predicted octanol–water partition coefficient (Wildman–Crippen LogP) is 0.267. The van der Waals surface area contributed by atoms with Gasteiger partial charge in [-0.3, -0.25) is 4.68 Å². The highest BCUT2D eigenvalue weighted by molar-refractivity contribution is 7.89. The Labute approximate surface area is 114 Å². The van der Waals surface area contributed by atoms with Crippen LogP contribution in [0.5, 0.6) is 0 Å². The number of rotatable bonds is 5. The third-order valence-corrected chi connectivity index (χ3v) is 3.93. The number of benzene rings is 1. The molecule has 0 fully saturated rings. The van der Waals surface area contributed by atoms with Crippen molar-refractivity contribution in [3.63, 3.8) is 0 Å². The molecular weight excluding hydrogens is 285 g/mol. The van der Waals surface area contributed by atoms with E-state index in [1.165, 1.54) is 10.9 Å².